The Labute approximate surface area is 126 Å². The van der Waals surface area contributed by atoms with Gasteiger partial charge in [-0.2, -0.15) is 0 Å². The smallest absolute Gasteiger partial charge is 0.239 e. The summed E-state index contributed by atoms with van der Waals surface area (Å²) in [6.45, 7) is 2.08. The van der Waals surface area contributed by atoms with Gasteiger partial charge in [0.1, 0.15) is 0 Å². The number of carbonyl (C=O) groups is 2. The van der Waals surface area contributed by atoms with E-state index in [-0.39, 0.29) is 18.4 Å². The van der Waals surface area contributed by atoms with Gasteiger partial charge in [-0.15, -0.1) is 0 Å². The van der Waals surface area contributed by atoms with Crippen LogP contribution in [0.5, 0.6) is 0 Å². The first-order valence-corrected chi connectivity index (χ1v) is 7.75. The second-order valence-corrected chi connectivity index (χ2v) is 5.84. The average Bonchev–Trinajstić information content (AvgIpc) is 2.49. The molecular weight excluding hydrogens is 264 g/mol. The van der Waals surface area contributed by atoms with Crippen molar-refractivity contribution in [2.45, 2.75) is 51.5 Å². The van der Waals surface area contributed by atoms with E-state index in [4.69, 9.17) is 0 Å². The van der Waals surface area contributed by atoms with Crippen LogP contribution in [0.15, 0.2) is 24.3 Å². The van der Waals surface area contributed by atoms with Crippen LogP contribution in [0.1, 0.15) is 43.2 Å². The van der Waals surface area contributed by atoms with Crippen LogP contribution in [0, 0.1) is 6.92 Å². The minimum atomic E-state index is -0.113. The number of hydrogen-bond donors (Lipinski definition) is 2. The summed E-state index contributed by atoms with van der Waals surface area (Å²) in [4.78, 5) is 23.6. The third-order valence-electron chi connectivity index (χ3n) is 3.90. The Bertz CT molecular complexity index is 476. The standard InChI is InChI=1S/C17H24N2O2/c1-13-7-9-14(10-8-13)11-16(20)18-12-17(21)19-15-5-3-2-4-6-15/h7-10,15H,2-6,11-12H2,1H3,(H,18,20)(H,19,21). The highest BCUT2D eigenvalue weighted by Crippen LogP contribution is 2.17. The number of amides is 2. The zero-order chi connectivity index (χ0) is 15.1. The first-order chi connectivity index (χ1) is 10.1. The maximum absolute atomic E-state index is 11.8. The highest BCUT2D eigenvalue weighted by atomic mass is 16.2. The second-order valence-electron chi connectivity index (χ2n) is 5.84. The molecule has 0 aliphatic heterocycles. The van der Waals surface area contributed by atoms with Gasteiger partial charge in [0.05, 0.1) is 13.0 Å². The molecule has 1 aliphatic rings. The minimum Gasteiger partial charge on any atom is -0.352 e. The molecule has 2 N–H and O–H groups in total. The summed E-state index contributed by atoms with van der Waals surface area (Å²) in [6.07, 6.45) is 6.07. The Morgan fingerprint density at radius 3 is 2.38 bits per heavy atom. The molecule has 21 heavy (non-hydrogen) atoms. The van der Waals surface area contributed by atoms with Crippen LogP contribution in [-0.2, 0) is 16.0 Å². The average molecular weight is 288 g/mol. The van der Waals surface area contributed by atoms with E-state index in [0.717, 1.165) is 18.4 Å². The highest BCUT2D eigenvalue weighted by Gasteiger charge is 2.15. The van der Waals surface area contributed by atoms with Crippen molar-refractivity contribution in [2.75, 3.05) is 6.54 Å². The predicted molar refractivity (Wildman–Crippen MR) is 82.9 cm³/mol. The van der Waals surface area contributed by atoms with Crippen LogP contribution in [0.25, 0.3) is 0 Å². The Morgan fingerprint density at radius 2 is 1.71 bits per heavy atom. The van der Waals surface area contributed by atoms with E-state index in [9.17, 15) is 9.59 Å². The van der Waals surface area contributed by atoms with Gasteiger partial charge in [0.15, 0.2) is 0 Å². The molecule has 0 atom stereocenters. The third-order valence-corrected chi connectivity index (χ3v) is 3.90. The molecule has 0 saturated heterocycles. The third kappa shape index (κ3) is 5.58. The van der Waals surface area contributed by atoms with E-state index in [1.165, 1.54) is 24.8 Å². The van der Waals surface area contributed by atoms with Gasteiger partial charge in [-0.05, 0) is 25.3 Å². The Hall–Kier alpha value is -1.84. The van der Waals surface area contributed by atoms with Crippen LogP contribution < -0.4 is 10.6 Å². The topological polar surface area (TPSA) is 58.2 Å². The molecule has 2 amide bonds. The molecule has 0 heterocycles. The van der Waals surface area contributed by atoms with Crippen LogP contribution in [-0.4, -0.2) is 24.4 Å². The number of carbonyl (C=O) groups excluding carboxylic acids is 2. The van der Waals surface area contributed by atoms with E-state index in [1.54, 1.807) is 0 Å². The van der Waals surface area contributed by atoms with Crippen molar-refractivity contribution in [3.8, 4) is 0 Å². The maximum atomic E-state index is 11.8. The Balaban J connectivity index is 1.68. The fraction of sp³-hybridized carbons (Fsp3) is 0.529. The normalized spacial score (nSPS) is 15.5. The summed E-state index contributed by atoms with van der Waals surface area (Å²) < 4.78 is 0. The molecule has 1 aliphatic carbocycles. The molecule has 2 rings (SSSR count). The molecule has 0 unspecified atom stereocenters. The molecule has 0 aromatic heterocycles. The SMILES string of the molecule is Cc1ccc(CC(=O)NCC(=O)NC2CCCCC2)cc1. The van der Waals surface area contributed by atoms with Crippen molar-refractivity contribution in [3.05, 3.63) is 35.4 Å². The molecule has 0 bridgehead atoms. The quantitative estimate of drug-likeness (QED) is 0.872. The van der Waals surface area contributed by atoms with Gasteiger partial charge in [0.25, 0.3) is 0 Å². The lowest BCUT2D eigenvalue weighted by Crippen LogP contribution is -2.43. The summed E-state index contributed by atoms with van der Waals surface area (Å²) in [7, 11) is 0. The highest BCUT2D eigenvalue weighted by molar-refractivity contribution is 5.85. The van der Waals surface area contributed by atoms with Gasteiger partial charge in [0, 0.05) is 6.04 Å². The lowest BCUT2D eigenvalue weighted by atomic mass is 9.95. The lowest BCUT2D eigenvalue weighted by Gasteiger charge is -2.22. The Morgan fingerprint density at radius 1 is 1.05 bits per heavy atom. The first kappa shape index (κ1) is 15.5. The number of hydrogen-bond acceptors (Lipinski definition) is 2. The van der Waals surface area contributed by atoms with Crippen molar-refractivity contribution in [3.63, 3.8) is 0 Å². The lowest BCUT2D eigenvalue weighted by molar-refractivity contribution is -0.126. The van der Waals surface area contributed by atoms with Crippen molar-refractivity contribution in [1.29, 1.82) is 0 Å². The number of aryl methyl sites for hydroxylation is 1. The van der Waals surface area contributed by atoms with E-state index < -0.39 is 0 Å². The fourth-order valence-electron chi connectivity index (χ4n) is 2.66. The molecular formula is C17H24N2O2. The van der Waals surface area contributed by atoms with Crippen LogP contribution in [0.4, 0.5) is 0 Å². The zero-order valence-corrected chi connectivity index (χ0v) is 12.7. The predicted octanol–water partition coefficient (Wildman–Crippen LogP) is 2.10. The van der Waals surface area contributed by atoms with E-state index >= 15 is 0 Å². The number of nitrogens with one attached hydrogen (secondary N) is 2. The molecule has 1 aromatic rings. The minimum absolute atomic E-state index is 0.0706. The van der Waals surface area contributed by atoms with Crippen LogP contribution in [0.3, 0.4) is 0 Å². The maximum Gasteiger partial charge on any atom is 0.239 e. The fourth-order valence-corrected chi connectivity index (χ4v) is 2.66. The van der Waals surface area contributed by atoms with Gasteiger partial charge >= 0.3 is 0 Å². The van der Waals surface area contributed by atoms with E-state index in [1.807, 2.05) is 31.2 Å². The summed E-state index contributed by atoms with van der Waals surface area (Å²) in [6, 6.07) is 8.14. The summed E-state index contributed by atoms with van der Waals surface area (Å²) in [5.74, 6) is -0.197. The largest absolute Gasteiger partial charge is 0.352 e. The molecule has 4 nitrogen and oxygen atoms in total. The molecule has 0 spiro atoms. The Kier molecular flexibility index (Phi) is 5.78. The van der Waals surface area contributed by atoms with Gasteiger partial charge in [-0.1, -0.05) is 49.1 Å². The van der Waals surface area contributed by atoms with Gasteiger partial charge in [-0.3, -0.25) is 9.59 Å². The number of benzene rings is 1. The van der Waals surface area contributed by atoms with Crippen molar-refractivity contribution in [2.24, 2.45) is 0 Å². The van der Waals surface area contributed by atoms with Crippen LogP contribution >= 0.6 is 0 Å². The second kappa shape index (κ2) is 7.81. The van der Waals surface area contributed by atoms with Gasteiger partial charge in [0.2, 0.25) is 11.8 Å². The monoisotopic (exact) mass is 288 g/mol. The summed E-state index contributed by atoms with van der Waals surface area (Å²) >= 11 is 0. The van der Waals surface area contributed by atoms with Gasteiger partial charge < -0.3 is 10.6 Å². The molecule has 1 aromatic carbocycles. The van der Waals surface area contributed by atoms with Gasteiger partial charge in [-0.25, -0.2) is 0 Å². The summed E-state index contributed by atoms with van der Waals surface area (Å²) in [5, 5.41) is 5.68. The molecule has 1 fully saturated rings. The molecule has 1 saturated carbocycles. The molecule has 114 valence electrons. The zero-order valence-electron chi connectivity index (χ0n) is 12.7. The van der Waals surface area contributed by atoms with Crippen LogP contribution in [0.2, 0.25) is 0 Å². The summed E-state index contributed by atoms with van der Waals surface area (Å²) in [5.41, 5.74) is 2.14. The van der Waals surface area contributed by atoms with Crippen molar-refractivity contribution < 1.29 is 9.59 Å². The molecule has 4 heteroatoms. The van der Waals surface area contributed by atoms with E-state index in [0.29, 0.717) is 12.5 Å². The van der Waals surface area contributed by atoms with E-state index in [2.05, 4.69) is 10.6 Å². The first-order valence-electron chi connectivity index (χ1n) is 7.75. The van der Waals surface area contributed by atoms with Crippen molar-refractivity contribution >= 4 is 11.8 Å². The molecule has 0 radical (unpaired) electrons. The number of rotatable bonds is 5. The van der Waals surface area contributed by atoms with Crippen molar-refractivity contribution in [1.82, 2.24) is 10.6 Å².